The summed E-state index contributed by atoms with van der Waals surface area (Å²) in [6, 6.07) is 2.25. The van der Waals surface area contributed by atoms with E-state index in [9.17, 15) is 0 Å². The van der Waals surface area contributed by atoms with Crippen molar-refractivity contribution in [3.05, 3.63) is 23.4 Å². The number of oxime groups is 1. The number of anilines is 1. The van der Waals surface area contributed by atoms with Crippen LogP contribution in [0, 0.1) is 6.92 Å². The summed E-state index contributed by atoms with van der Waals surface area (Å²) in [5, 5.41) is 12.6. The summed E-state index contributed by atoms with van der Waals surface area (Å²) in [5.41, 5.74) is 7.51. The fraction of sp³-hybridized carbons (Fsp3) is 0.538. The van der Waals surface area contributed by atoms with Crippen molar-refractivity contribution in [2.24, 2.45) is 10.9 Å². The molecule has 0 saturated carbocycles. The lowest BCUT2D eigenvalue weighted by Gasteiger charge is -2.39. The van der Waals surface area contributed by atoms with Crippen molar-refractivity contribution in [3.63, 3.8) is 0 Å². The van der Waals surface area contributed by atoms with Crippen LogP contribution in [0.15, 0.2) is 17.4 Å². The van der Waals surface area contributed by atoms with Gasteiger partial charge in [-0.05, 0) is 25.5 Å². The molecule has 6 heteroatoms. The van der Waals surface area contributed by atoms with Crippen LogP contribution in [0.1, 0.15) is 25.0 Å². The first-order valence-corrected chi connectivity index (χ1v) is 7.43. The molecular formula is C13H20N4OS. The molecule has 1 aliphatic heterocycles. The van der Waals surface area contributed by atoms with E-state index in [4.69, 9.17) is 10.9 Å². The van der Waals surface area contributed by atoms with Crippen LogP contribution in [-0.4, -0.2) is 39.6 Å². The van der Waals surface area contributed by atoms with Gasteiger partial charge in [0.05, 0.1) is 5.56 Å². The molecule has 1 fully saturated rings. The Balaban J connectivity index is 2.47. The monoisotopic (exact) mass is 280 g/mol. The van der Waals surface area contributed by atoms with Gasteiger partial charge in [-0.25, -0.2) is 4.98 Å². The SMILES string of the molecule is Cc1ccnc(N2CCSC(C)C2C)c1/C(N)=N/O. The Labute approximate surface area is 117 Å². The Hall–Kier alpha value is -1.43. The maximum atomic E-state index is 8.97. The number of amidine groups is 1. The summed E-state index contributed by atoms with van der Waals surface area (Å²) >= 11 is 1.97. The van der Waals surface area contributed by atoms with Crippen LogP contribution >= 0.6 is 11.8 Å². The summed E-state index contributed by atoms with van der Waals surface area (Å²) in [6.07, 6.45) is 1.78. The molecule has 0 bridgehead atoms. The Morgan fingerprint density at radius 3 is 3.00 bits per heavy atom. The highest BCUT2D eigenvalue weighted by molar-refractivity contribution is 8.00. The average molecular weight is 280 g/mol. The number of hydrogen-bond acceptors (Lipinski definition) is 5. The van der Waals surface area contributed by atoms with E-state index in [2.05, 4.69) is 28.9 Å². The number of nitrogens with two attached hydrogens (primary N) is 1. The zero-order chi connectivity index (χ0) is 14.0. The van der Waals surface area contributed by atoms with Crippen LogP contribution in [0.25, 0.3) is 0 Å². The molecular weight excluding hydrogens is 260 g/mol. The number of aryl methyl sites for hydroxylation is 1. The summed E-state index contributed by atoms with van der Waals surface area (Å²) < 4.78 is 0. The molecule has 2 heterocycles. The van der Waals surface area contributed by atoms with Crippen molar-refractivity contribution in [1.82, 2.24) is 4.98 Å². The number of thioether (sulfide) groups is 1. The van der Waals surface area contributed by atoms with E-state index in [1.807, 2.05) is 24.8 Å². The van der Waals surface area contributed by atoms with E-state index >= 15 is 0 Å². The highest BCUT2D eigenvalue weighted by Gasteiger charge is 2.28. The molecule has 3 N–H and O–H groups in total. The van der Waals surface area contributed by atoms with E-state index in [1.165, 1.54) is 0 Å². The minimum absolute atomic E-state index is 0.124. The van der Waals surface area contributed by atoms with Crippen LogP contribution in [0.4, 0.5) is 5.82 Å². The number of nitrogens with zero attached hydrogens (tertiary/aromatic N) is 3. The third-order valence-corrected chi connectivity index (χ3v) is 5.00. The molecule has 0 spiro atoms. The van der Waals surface area contributed by atoms with E-state index in [-0.39, 0.29) is 5.84 Å². The second-order valence-electron chi connectivity index (χ2n) is 4.82. The van der Waals surface area contributed by atoms with E-state index in [0.717, 1.165) is 29.2 Å². The standard InChI is InChI=1S/C13H20N4OS/c1-8-4-5-15-13(11(8)12(14)16-18)17-6-7-19-10(3)9(17)2/h4-5,9-10,18H,6-7H2,1-3H3,(H2,14,16). The molecule has 19 heavy (non-hydrogen) atoms. The summed E-state index contributed by atoms with van der Waals surface area (Å²) in [4.78, 5) is 6.71. The van der Waals surface area contributed by atoms with Gasteiger partial charge in [0.2, 0.25) is 0 Å². The van der Waals surface area contributed by atoms with Crippen LogP contribution in [0.3, 0.4) is 0 Å². The Morgan fingerprint density at radius 2 is 2.32 bits per heavy atom. The molecule has 104 valence electrons. The van der Waals surface area contributed by atoms with Gasteiger partial charge in [0.1, 0.15) is 5.82 Å². The Bertz CT molecular complexity index is 492. The van der Waals surface area contributed by atoms with Crippen molar-refractivity contribution >= 4 is 23.4 Å². The van der Waals surface area contributed by atoms with Gasteiger partial charge < -0.3 is 15.8 Å². The van der Waals surface area contributed by atoms with Gasteiger partial charge >= 0.3 is 0 Å². The second kappa shape index (κ2) is 5.69. The highest BCUT2D eigenvalue weighted by atomic mass is 32.2. The lowest BCUT2D eigenvalue weighted by molar-refractivity contribution is 0.318. The first-order chi connectivity index (χ1) is 9.06. The fourth-order valence-corrected chi connectivity index (χ4v) is 3.46. The fourth-order valence-electron chi connectivity index (χ4n) is 2.36. The van der Waals surface area contributed by atoms with Crippen LogP contribution in [-0.2, 0) is 0 Å². The molecule has 1 aliphatic rings. The minimum Gasteiger partial charge on any atom is -0.409 e. The van der Waals surface area contributed by atoms with Gasteiger partial charge in [0, 0.05) is 29.8 Å². The van der Waals surface area contributed by atoms with Crippen molar-refractivity contribution in [2.75, 3.05) is 17.2 Å². The van der Waals surface area contributed by atoms with E-state index in [0.29, 0.717) is 11.3 Å². The molecule has 1 aromatic heterocycles. The number of aromatic nitrogens is 1. The Kier molecular flexibility index (Phi) is 4.19. The van der Waals surface area contributed by atoms with Gasteiger partial charge in [0.25, 0.3) is 0 Å². The number of rotatable bonds is 2. The maximum Gasteiger partial charge on any atom is 0.174 e. The smallest absolute Gasteiger partial charge is 0.174 e. The lowest BCUT2D eigenvalue weighted by atomic mass is 10.1. The first kappa shape index (κ1) is 14.0. The largest absolute Gasteiger partial charge is 0.409 e. The molecule has 2 atom stereocenters. The van der Waals surface area contributed by atoms with E-state index < -0.39 is 0 Å². The van der Waals surface area contributed by atoms with Gasteiger partial charge in [-0.2, -0.15) is 11.8 Å². The number of pyridine rings is 1. The molecule has 1 aromatic rings. The summed E-state index contributed by atoms with van der Waals surface area (Å²) in [7, 11) is 0. The van der Waals surface area contributed by atoms with Gasteiger partial charge in [-0.3, -0.25) is 0 Å². The Morgan fingerprint density at radius 1 is 1.58 bits per heavy atom. The quantitative estimate of drug-likeness (QED) is 0.374. The minimum atomic E-state index is 0.124. The van der Waals surface area contributed by atoms with Crippen LogP contribution in [0.5, 0.6) is 0 Å². The van der Waals surface area contributed by atoms with Crippen molar-refractivity contribution < 1.29 is 5.21 Å². The summed E-state index contributed by atoms with van der Waals surface area (Å²) in [5.74, 6) is 2.00. The highest BCUT2D eigenvalue weighted by Crippen LogP contribution is 2.30. The molecule has 2 unspecified atom stereocenters. The molecule has 0 aromatic carbocycles. The average Bonchev–Trinajstić information content (AvgIpc) is 2.41. The van der Waals surface area contributed by atoms with Gasteiger partial charge in [-0.1, -0.05) is 12.1 Å². The van der Waals surface area contributed by atoms with E-state index in [1.54, 1.807) is 6.20 Å². The molecule has 0 aliphatic carbocycles. The van der Waals surface area contributed by atoms with Crippen molar-refractivity contribution in [1.29, 1.82) is 0 Å². The van der Waals surface area contributed by atoms with Crippen LogP contribution < -0.4 is 10.6 Å². The molecule has 2 rings (SSSR count). The predicted molar refractivity (Wildman–Crippen MR) is 80.2 cm³/mol. The zero-order valence-corrected chi connectivity index (χ0v) is 12.3. The van der Waals surface area contributed by atoms with Crippen molar-refractivity contribution in [3.8, 4) is 0 Å². The third kappa shape index (κ3) is 2.63. The molecule has 5 nitrogen and oxygen atoms in total. The summed E-state index contributed by atoms with van der Waals surface area (Å²) in [6.45, 7) is 7.29. The first-order valence-electron chi connectivity index (χ1n) is 6.38. The number of hydrogen-bond donors (Lipinski definition) is 2. The topological polar surface area (TPSA) is 74.7 Å². The molecule has 1 saturated heterocycles. The molecule has 0 amide bonds. The second-order valence-corrected chi connectivity index (χ2v) is 6.31. The third-order valence-electron chi connectivity index (χ3n) is 3.66. The van der Waals surface area contributed by atoms with Crippen LogP contribution in [0.2, 0.25) is 0 Å². The predicted octanol–water partition coefficient (Wildman–Crippen LogP) is 1.81. The molecule has 0 radical (unpaired) electrons. The lowest BCUT2D eigenvalue weighted by Crippen LogP contribution is -2.46. The van der Waals surface area contributed by atoms with Gasteiger partial charge in [0.15, 0.2) is 5.84 Å². The van der Waals surface area contributed by atoms with Gasteiger partial charge in [-0.15, -0.1) is 0 Å². The maximum absolute atomic E-state index is 8.97. The van der Waals surface area contributed by atoms with Crippen molar-refractivity contribution in [2.45, 2.75) is 32.1 Å². The normalized spacial score (nSPS) is 24.6. The zero-order valence-electron chi connectivity index (χ0n) is 11.5.